The third kappa shape index (κ3) is 1.97. The van der Waals surface area contributed by atoms with Crippen LogP contribution in [0.1, 0.15) is 33.6 Å². The van der Waals surface area contributed by atoms with Crippen LogP contribution in [0.15, 0.2) is 24.3 Å². The summed E-state index contributed by atoms with van der Waals surface area (Å²) in [6, 6.07) is 7.05. The first-order chi connectivity index (χ1) is 8.27. The molecule has 4 heteroatoms. The molecule has 0 atom stereocenters. The summed E-state index contributed by atoms with van der Waals surface area (Å²) >= 11 is 1.87. The van der Waals surface area contributed by atoms with Crippen LogP contribution >= 0.6 is 11.8 Å². The molecule has 0 N–H and O–H groups in total. The summed E-state index contributed by atoms with van der Waals surface area (Å²) in [5.74, 6) is 0.583. The molecule has 1 heterocycles. The number of rotatable bonds is 4. The number of hydrogen-bond donors (Lipinski definition) is 0. The highest BCUT2D eigenvalue weighted by Crippen LogP contribution is 2.34. The van der Waals surface area contributed by atoms with E-state index < -0.39 is 0 Å². The summed E-state index contributed by atoms with van der Waals surface area (Å²) in [4.78, 5) is 25.4. The van der Waals surface area contributed by atoms with Crippen molar-refractivity contribution in [2.75, 3.05) is 12.3 Å². The van der Waals surface area contributed by atoms with E-state index in [-0.39, 0.29) is 11.8 Å². The Balaban J connectivity index is 1.70. The molecule has 88 valence electrons. The van der Waals surface area contributed by atoms with Gasteiger partial charge in [-0.1, -0.05) is 12.1 Å². The highest BCUT2D eigenvalue weighted by atomic mass is 32.2. The summed E-state index contributed by atoms with van der Waals surface area (Å²) in [5.41, 5.74) is 1.10. The number of fused-ring (bicyclic) bond motifs is 1. The fraction of sp³-hybridized carbons (Fsp3) is 0.385. The average molecular weight is 247 g/mol. The largest absolute Gasteiger partial charge is 0.274 e. The third-order valence-electron chi connectivity index (χ3n) is 3.07. The molecule has 1 fully saturated rings. The van der Waals surface area contributed by atoms with Crippen molar-refractivity contribution in [2.24, 2.45) is 0 Å². The van der Waals surface area contributed by atoms with Crippen LogP contribution in [-0.2, 0) is 0 Å². The molecular weight excluding hydrogens is 234 g/mol. The van der Waals surface area contributed by atoms with Gasteiger partial charge in [-0.05, 0) is 25.0 Å². The summed E-state index contributed by atoms with van der Waals surface area (Å²) in [6.45, 7) is 0.535. The Morgan fingerprint density at radius 3 is 2.24 bits per heavy atom. The lowest BCUT2D eigenvalue weighted by Crippen LogP contribution is -2.31. The van der Waals surface area contributed by atoms with Crippen LogP contribution in [-0.4, -0.2) is 34.3 Å². The zero-order valence-corrected chi connectivity index (χ0v) is 10.2. The smallest absolute Gasteiger partial charge is 0.261 e. The molecule has 0 aromatic heterocycles. The van der Waals surface area contributed by atoms with Crippen LogP contribution in [0.3, 0.4) is 0 Å². The van der Waals surface area contributed by atoms with Crippen molar-refractivity contribution < 1.29 is 9.59 Å². The molecule has 3 rings (SSSR count). The minimum atomic E-state index is -0.137. The number of amides is 2. The molecule has 2 amide bonds. The zero-order chi connectivity index (χ0) is 11.8. The fourth-order valence-electron chi connectivity index (χ4n) is 1.99. The standard InChI is InChI=1S/C13H13NO2S/c15-12-10-3-1-2-4-11(10)13(16)14(12)7-8-17-9-5-6-9/h1-4,9H,5-8H2. The quantitative estimate of drug-likeness (QED) is 0.765. The minimum absolute atomic E-state index is 0.137. The van der Waals surface area contributed by atoms with Crippen molar-refractivity contribution in [3.05, 3.63) is 35.4 Å². The van der Waals surface area contributed by atoms with Gasteiger partial charge in [0.15, 0.2) is 0 Å². The lowest BCUT2D eigenvalue weighted by Gasteiger charge is -2.12. The highest BCUT2D eigenvalue weighted by molar-refractivity contribution is 8.00. The summed E-state index contributed by atoms with van der Waals surface area (Å²) in [6.07, 6.45) is 2.57. The number of benzene rings is 1. The van der Waals surface area contributed by atoms with Gasteiger partial charge in [-0.3, -0.25) is 14.5 Å². The molecule has 1 aromatic carbocycles. The number of carbonyl (C=O) groups is 2. The van der Waals surface area contributed by atoms with Gasteiger partial charge in [0, 0.05) is 17.5 Å². The maximum atomic E-state index is 12.0. The number of hydrogen-bond acceptors (Lipinski definition) is 3. The Labute approximate surface area is 104 Å². The van der Waals surface area contributed by atoms with Crippen LogP contribution in [0, 0.1) is 0 Å². The van der Waals surface area contributed by atoms with Crippen molar-refractivity contribution in [3.8, 4) is 0 Å². The second-order valence-corrected chi connectivity index (χ2v) is 5.79. The van der Waals surface area contributed by atoms with Crippen molar-refractivity contribution in [2.45, 2.75) is 18.1 Å². The SMILES string of the molecule is O=C1c2ccccc2C(=O)N1CCSC1CC1. The first kappa shape index (κ1) is 10.8. The Bertz CT molecular complexity index is 447. The van der Waals surface area contributed by atoms with Gasteiger partial charge in [0.2, 0.25) is 0 Å². The normalized spacial score (nSPS) is 18.7. The summed E-state index contributed by atoms with van der Waals surface area (Å²) < 4.78 is 0. The second-order valence-electron chi connectivity index (χ2n) is 4.38. The molecule has 2 aliphatic rings. The molecule has 0 spiro atoms. The van der Waals surface area contributed by atoms with E-state index in [0.29, 0.717) is 17.7 Å². The van der Waals surface area contributed by atoms with Gasteiger partial charge in [0.05, 0.1) is 11.1 Å². The number of imide groups is 1. The topological polar surface area (TPSA) is 37.4 Å². The van der Waals surface area contributed by atoms with Crippen LogP contribution in [0.5, 0.6) is 0 Å². The van der Waals surface area contributed by atoms with E-state index in [9.17, 15) is 9.59 Å². The Hall–Kier alpha value is -1.29. The molecule has 0 bridgehead atoms. The molecule has 1 aliphatic carbocycles. The van der Waals surface area contributed by atoms with Crippen molar-refractivity contribution in [3.63, 3.8) is 0 Å². The molecular formula is C13H13NO2S. The van der Waals surface area contributed by atoms with Crippen molar-refractivity contribution in [1.82, 2.24) is 4.90 Å². The first-order valence-electron chi connectivity index (χ1n) is 5.84. The Morgan fingerprint density at radius 1 is 1.12 bits per heavy atom. The van der Waals surface area contributed by atoms with Gasteiger partial charge in [-0.2, -0.15) is 11.8 Å². The van der Waals surface area contributed by atoms with E-state index in [1.807, 2.05) is 11.8 Å². The molecule has 0 radical (unpaired) electrons. The van der Waals surface area contributed by atoms with Crippen LogP contribution in [0.25, 0.3) is 0 Å². The molecule has 1 saturated carbocycles. The Kier molecular flexibility index (Phi) is 2.67. The average Bonchev–Trinajstić information content (AvgIpc) is 3.13. The van der Waals surface area contributed by atoms with Crippen LogP contribution in [0.4, 0.5) is 0 Å². The molecule has 1 aromatic rings. The summed E-state index contributed by atoms with van der Waals surface area (Å²) in [5, 5.41) is 0.769. The lowest BCUT2D eigenvalue weighted by atomic mass is 10.1. The highest BCUT2D eigenvalue weighted by Gasteiger charge is 2.34. The predicted octanol–water partition coefficient (Wildman–Crippen LogP) is 2.18. The van der Waals surface area contributed by atoms with E-state index in [0.717, 1.165) is 11.0 Å². The molecule has 1 aliphatic heterocycles. The number of carbonyl (C=O) groups excluding carboxylic acids is 2. The van der Waals surface area contributed by atoms with Gasteiger partial charge in [0.1, 0.15) is 0 Å². The third-order valence-corrected chi connectivity index (χ3v) is 4.43. The van der Waals surface area contributed by atoms with Gasteiger partial charge in [-0.25, -0.2) is 0 Å². The summed E-state index contributed by atoms with van der Waals surface area (Å²) in [7, 11) is 0. The van der Waals surface area contributed by atoms with E-state index in [1.54, 1.807) is 24.3 Å². The van der Waals surface area contributed by atoms with Crippen LogP contribution < -0.4 is 0 Å². The van der Waals surface area contributed by atoms with Gasteiger partial charge < -0.3 is 0 Å². The zero-order valence-electron chi connectivity index (χ0n) is 9.39. The van der Waals surface area contributed by atoms with Gasteiger partial charge >= 0.3 is 0 Å². The second kappa shape index (κ2) is 4.18. The Morgan fingerprint density at radius 2 is 1.71 bits per heavy atom. The lowest BCUT2D eigenvalue weighted by molar-refractivity contribution is 0.0664. The van der Waals surface area contributed by atoms with Gasteiger partial charge in [0.25, 0.3) is 11.8 Å². The minimum Gasteiger partial charge on any atom is -0.274 e. The number of thioether (sulfide) groups is 1. The van der Waals surface area contributed by atoms with Crippen molar-refractivity contribution in [1.29, 1.82) is 0 Å². The monoisotopic (exact) mass is 247 g/mol. The molecule has 3 nitrogen and oxygen atoms in total. The first-order valence-corrected chi connectivity index (χ1v) is 6.89. The van der Waals surface area contributed by atoms with Crippen molar-refractivity contribution >= 4 is 23.6 Å². The fourth-order valence-corrected chi connectivity index (χ4v) is 3.08. The maximum Gasteiger partial charge on any atom is 0.261 e. The molecule has 0 unspecified atom stereocenters. The van der Waals surface area contributed by atoms with E-state index in [4.69, 9.17) is 0 Å². The van der Waals surface area contributed by atoms with Gasteiger partial charge in [-0.15, -0.1) is 0 Å². The van der Waals surface area contributed by atoms with E-state index >= 15 is 0 Å². The number of nitrogens with zero attached hydrogens (tertiary/aromatic N) is 1. The van der Waals surface area contributed by atoms with E-state index in [2.05, 4.69) is 0 Å². The molecule has 17 heavy (non-hydrogen) atoms. The predicted molar refractivity (Wildman–Crippen MR) is 67.3 cm³/mol. The van der Waals surface area contributed by atoms with E-state index in [1.165, 1.54) is 17.7 Å². The van der Waals surface area contributed by atoms with Crippen LogP contribution in [0.2, 0.25) is 0 Å². The maximum absolute atomic E-state index is 12.0. The molecule has 0 saturated heterocycles.